The van der Waals surface area contributed by atoms with Crippen LogP contribution in [0.3, 0.4) is 0 Å². The van der Waals surface area contributed by atoms with Crippen molar-refractivity contribution in [3.8, 4) is 11.3 Å². The number of fused-ring (bicyclic) bond motifs is 1. The highest BCUT2D eigenvalue weighted by atomic mass is 19.4. The van der Waals surface area contributed by atoms with E-state index in [1.807, 2.05) is 24.1 Å². The van der Waals surface area contributed by atoms with Crippen molar-refractivity contribution in [2.45, 2.75) is 58.0 Å². The van der Waals surface area contributed by atoms with Crippen LogP contribution in [0.4, 0.5) is 13.2 Å². The van der Waals surface area contributed by atoms with Gasteiger partial charge in [0.05, 0.1) is 12.1 Å². The summed E-state index contributed by atoms with van der Waals surface area (Å²) in [5.41, 5.74) is 7.01. The predicted molar refractivity (Wildman–Crippen MR) is 119 cm³/mol. The van der Waals surface area contributed by atoms with E-state index in [4.69, 9.17) is 0 Å². The number of piperidine rings is 1. The molecule has 1 N–H and O–H groups in total. The van der Waals surface area contributed by atoms with Gasteiger partial charge in [0.25, 0.3) is 0 Å². The van der Waals surface area contributed by atoms with Gasteiger partial charge in [-0.3, -0.25) is 4.98 Å². The first kappa shape index (κ1) is 21.9. The molecule has 166 valence electrons. The van der Waals surface area contributed by atoms with Crippen molar-refractivity contribution in [2.24, 2.45) is 0 Å². The van der Waals surface area contributed by atoms with Crippen LogP contribution in [0.25, 0.3) is 22.2 Å². The molecule has 0 bridgehead atoms. The molecule has 0 radical (unpaired) electrons. The summed E-state index contributed by atoms with van der Waals surface area (Å²) < 4.78 is 37.6. The highest BCUT2D eigenvalue weighted by Crippen LogP contribution is 2.38. The van der Waals surface area contributed by atoms with E-state index in [1.54, 1.807) is 0 Å². The van der Waals surface area contributed by atoms with Gasteiger partial charge in [-0.15, -0.1) is 0 Å². The van der Waals surface area contributed by atoms with Crippen LogP contribution in [-0.4, -0.2) is 40.7 Å². The number of pyridine rings is 1. The molecule has 3 aromatic rings. The van der Waals surface area contributed by atoms with E-state index in [0.29, 0.717) is 11.8 Å². The van der Waals surface area contributed by atoms with E-state index >= 15 is 0 Å². The summed E-state index contributed by atoms with van der Waals surface area (Å²) >= 11 is 0. The first-order valence-electron chi connectivity index (χ1n) is 11.1. The van der Waals surface area contributed by atoms with Gasteiger partial charge in [-0.25, -0.2) is 0 Å². The van der Waals surface area contributed by atoms with E-state index in [1.165, 1.54) is 16.5 Å². The third-order valence-electron chi connectivity index (χ3n) is 6.40. The van der Waals surface area contributed by atoms with Crippen LogP contribution in [0.5, 0.6) is 0 Å². The van der Waals surface area contributed by atoms with E-state index in [9.17, 15) is 13.2 Å². The smallest absolute Gasteiger partial charge is 0.354 e. The summed E-state index contributed by atoms with van der Waals surface area (Å²) in [6.07, 6.45) is -1.14. The van der Waals surface area contributed by atoms with Gasteiger partial charge in [0.2, 0.25) is 0 Å². The molecule has 0 aliphatic carbocycles. The first-order chi connectivity index (χ1) is 14.7. The molecule has 4 rings (SSSR count). The Hall–Kier alpha value is -2.34. The number of nitrogens with zero attached hydrogens (tertiary/aromatic N) is 2. The van der Waals surface area contributed by atoms with E-state index < -0.39 is 12.6 Å². The van der Waals surface area contributed by atoms with Gasteiger partial charge in [-0.1, -0.05) is 19.9 Å². The standard InChI is InChI=1S/C25H30F3N3/c1-16(2)23-21-15-19(18-7-11-31(12-8-18)13-9-25(26,27)28)4-5-22(21)30-24(23)20-6-10-29-17(3)14-20/h4-6,10,14-16,18,30H,7-9,11-13H2,1-3H3. The lowest BCUT2D eigenvalue weighted by atomic mass is 9.87. The summed E-state index contributed by atoms with van der Waals surface area (Å²) in [4.78, 5) is 9.88. The van der Waals surface area contributed by atoms with Crippen LogP contribution in [-0.2, 0) is 0 Å². The number of aromatic amines is 1. The minimum Gasteiger partial charge on any atom is -0.354 e. The third-order valence-corrected chi connectivity index (χ3v) is 6.40. The zero-order chi connectivity index (χ0) is 22.2. The Morgan fingerprint density at radius 2 is 1.87 bits per heavy atom. The van der Waals surface area contributed by atoms with Crippen molar-refractivity contribution in [3.05, 3.63) is 53.3 Å². The molecule has 1 aliphatic heterocycles. The molecule has 1 aliphatic rings. The van der Waals surface area contributed by atoms with Gasteiger partial charge in [0, 0.05) is 34.9 Å². The number of alkyl halides is 3. The maximum atomic E-state index is 12.5. The zero-order valence-electron chi connectivity index (χ0n) is 18.4. The lowest BCUT2D eigenvalue weighted by Gasteiger charge is -2.32. The number of aryl methyl sites for hydroxylation is 1. The molecule has 1 aromatic carbocycles. The summed E-state index contributed by atoms with van der Waals surface area (Å²) in [5.74, 6) is 0.754. The van der Waals surface area contributed by atoms with Crippen molar-refractivity contribution < 1.29 is 13.2 Å². The Bertz CT molecular complexity index is 1040. The van der Waals surface area contributed by atoms with Crippen LogP contribution in [0, 0.1) is 6.92 Å². The minimum atomic E-state index is -4.07. The molecule has 0 amide bonds. The Morgan fingerprint density at radius 3 is 2.52 bits per heavy atom. The number of nitrogens with one attached hydrogen (secondary N) is 1. The second-order valence-electron chi connectivity index (χ2n) is 9.04. The number of rotatable bonds is 5. The second kappa shape index (κ2) is 8.65. The summed E-state index contributed by atoms with van der Waals surface area (Å²) in [6.45, 7) is 7.99. The zero-order valence-corrected chi connectivity index (χ0v) is 18.4. The number of aromatic nitrogens is 2. The third kappa shape index (κ3) is 4.95. The number of hydrogen-bond acceptors (Lipinski definition) is 2. The molecule has 3 nitrogen and oxygen atoms in total. The van der Waals surface area contributed by atoms with Gasteiger partial charge < -0.3 is 9.88 Å². The molecule has 6 heteroatoms. The van der Waals surface area contributed by atoms with Crippen LogP contribution >= 0.6 is 0 Å². The van der Waals surface area contributed by atoms with Crippen LogP contribution < -0.4 is 0 Å². The van der Waals surface area contributed by atoms with Gasteiger partial charge in [-0.2, -0.15) is 13.2 Å². The number of likely N-dealkylation sites (tertiary alicyclic amines) is 1. The van der Waals surface area contributed by atoms with E-state index in [0.717, 1.165) is 48.4 Å². The van der Waals surface area contributed by atoms with Gasteiger partial charge in [0.1, 0.15) is 0 Å². The molecule has 0 unspecified atom stereocenters. The minimum absolute atomic E-state index is 0.110. The monoisotopic (exact) mass is 429 g/mol. The number of H-pyrrole nitrogens is 1. The number of benzene rings is 1. The Labute approximate surface area is 181 Å². The Morgan fingerprint density at radius 1 is 1.13 bits per heavy atom. The molecule has 0 saturated carbocycles. The maximum Gasteiger partial charge on any atom is 0.390 e. The second-order valence-corrected chi connectivity index (χ2v) is 9.04. The Kier molecular flexibility index (Phi) is 6.11. The average molecular weight is 430 g/mol. The van der Waals surface area contributed by atoms with Gasteiger partial charge in [0.15, 0.2) is 0 Å². The molecule has 1 saturated heterocycles. The molecule has 1 fully saturated rings. The Balaban J connectivity index is 1.58. The van der Waals surface area contributed by atoms with Crippen LogP contribution in [0.15, 0.2) is 36.5 Å². The average Bonchev–Trinajstić information content (AvgIpc) is 3.11. The van der Waals surface area contributed by atoms with E-state index in [-0.39, 0.29) is 6.54 Å². The van der Waals surface area contributed by atoms with Crippen molar-refractivity contribution in [1.29, 1.82) is 0 Å². The van der Waals surface area contributed by atoms with Crippen LogP contribution in [0.1, 0.15) is 61.8 Å². The van der Waals surface area contributed by atoms with E-state index in [2.05, 4.69) is 48.1 Å². The maximum absolute atomic E-state index is 12.5. The lowest BCUT2D eigenvalue weighted by Crippen LogP contribution is -2.35. The normalized spacial score (nSPS) is 16.5. The number of halogens is 3. The fraction of sp³-hybridized carbons (Fsp3) is 0.480. The van der Waals surface area contributed by atoms with Gasteiger partial charge in [-0.05, 0) is 80.1 Å². The lowest BCUT2D eigenvalue weighted by molar-refractivity contribution is -0.138. The molecule has 3 heterocycles. The highest BCUT2D eigenvalue weighted by molar-refractivity contribution is 5.92. The fourth-order valence-corrected chi connectivity index (χ4v) is 4.79. The van der Waals surface area contributed by atoms with Crippen molar-refractivity contribution in [1.82, 2.24) is 14.9 Å². The number of hydrogen-bond donors (Lipinski definition) is 1. The van der Waals surface area contributed by atoms with Crippen molar-refractivity contribution in [2.75, 3.05) is 19.6 Å². The molecular weight excluding hydrogens is 399 g/mol. The van der Waals surface area contributed by atoms with Crippen LogP contribution in [0.2, 0.25) is 0 Å². The molecule has 0 spiro atoms. The topological polar surface area (TPSA) is 31.9 Å². The quantitative estimate of drug-likeness (QED) is 0.484. The SMILES string of the molecule is Cc1cc(-c2[nH]c3ccc(C4CCN(CCC(F)(F)F)CC4)cc3c2C(C)C)ccn1. The first-order valence-corrected chi connectivity index (χ1v) is 11.1. The molecule has 0 atom stereocenters. The van der Waals surface area contributed by atoms with Gasteiger partial charge >= 0.3 is 6.18 Å². The summed E-state index contributed by atoms with van der Waals surface area (Å²) in [7, 11) is 0. The summed E-state index contributed by atoms with van der Waals surface area (Å²) in [6, 6.07) is 10.8. The highest BCUT2D eigenvalue weighted by Gasteiger charge is 2.29. The molecular formula is C25H30F3N3. The summed E-state index contributed by atoms with van der Waals surface area (Å²) in [5, 5.41) is 1.25. The molecule has 2 aromatic heterocycles. The van der Waals surface area contributed by atoms with Crippen molar-refractivity contribution >= 4 is 10.9 Å². The fourth-order valence-electron chi connectivity index (χ4n) is 4.79. The predicted octanol–water partition coefficient (Wildman–Crippen LogP) is 6.79. The molecule has 31 heavy (non-hydrogen) atoms. The van der Waals surface area contributed by atoms with Crippen molar-refractivity contribution in [3.63, 3.8) is 0 Å². The largest absolute Gasteiger partial charge is 0.390 e.